The van der Waals surface area contributed by atoms with E-state index in [1.165, 1.54) is 5.56 Å². The summed E-state index contributed by atoms with van der Waals surface area (Å²) < 4.78 is 11.6. The lowest BCUT2D eigenvalue weighted by Gasteiger charge is -2.25. The van der Waals surface area contributed by atoms with E-state index in [9.17, 15) is 0 Å². The first kappa shape index (κ1) is 15.9. The normalized spacial score (nSPS) is 16.0. The minimum atomic E-state index is 0.135. The number of nitrogens with one attached hydrogen (secondary N) is 1. The van der Waals surface area contributed by atoms with Gasteiger partial charge in [-0.2, -0.15) is 0 Å². The molecule has 0 aliphatic carbocycles. The highest BCUT2D eigenvalue weighted by atomic mass is 16.5. The monoisotopic (exact) mass is 289 g/mol. The first-order chi connectivity index (χ1) is 10.3. The van der Waals surface area contributed by atoms with Crippen LogP contribution in [0.3, 0.4) is 0 Å². The Bertz CT molecular complexity index is 456. The topological polar surface area (TPSA) is 30.5 Å². The van der Waals surface area contributed by atoms with Crippen molar-refractivity contribution in [1.29, 1.82) is 0 Å². The predicted molar refractivity (Wildman–Crippen MR) is 86.5 cm³/mol. The summed E-state index contributed by atoms with van der Waals surface area (Å²) in [5.74, 6) is 2.00. The molecule has 0 bridgehead atoms. The number of rotatable bonds is 8. The smallest absolute Gasteiger partial charge is 0.119 e. The van der Waals surface area contributed by atoms with E-state index >= 15 is 0 Å². The molecule has 0 fully saturated rings. The summed E-state index contributed by atoms with van der Waals surface area (Å²) in [6, 6.07) is 8.49. The van der Waals surface area contributed by atoms with Crippen LogP contribution in [0.15, 0.2) is 36.1 Å². The first-order valence-corrected chi connectivity index (χ1v) is 8.14. The van der Waals surface area contributed by atoms with E-state index < -0.39 is 0 Å². The quantitative estimate of drug-likeness (QED) is 0.777. The minimum absolute atomic E-state index is 0.135. The molecule has 0 radical (unpaired) electrons. The Morgan fingerprint density at radius 3 is 2.90 bits per heavy atom. The van der Waals surface area contributed by atoms with Gasteiger partial charge in [-0.25, -0.2) is 0 Å². The molecule has 1 aromatic rings. The molecule has 0 saturated carbocycles. The van der Waals surface area contributed by atoms with Crippen molar-refractivity contribution in [3.8, 4) is 5.75 Å². The number of hydrogen-bond acceptors (Lipinski definition) is 3. The van der Waals surface area contributed by atoms with E-state index in [1.807, 2.05) is 6.07 Å². The zero-order chi connectivity index (χ0) is 14.9. The van der Waals surface area contributed by atoms with Gasteiger partial charge in [0.15, 0.2) is 0 Å². The van der Waals surface area contributed by atoms with Gasteiger partial charge >= 0.3 is 0 Å². The third-order valence-corrected chi connectivity index (χ3v) is 3.51. The summed E-state index contributed by atoms with van der Waals surface area (Å²) in [6.45, 7) is 6.86. The zero-order valence-electron chi connectivity index (χ0n) is 13.2. The van der Waals surface area contributed by atoms with Crippen LogP contribution in [-0.2, 0) is 4.74 Å². The molecule has 1 aromatic carbocycles. The van der Waals surface area contributed by atoms with Crippen LogP contribution < -0.4 is 10.1 Å². The van der Waals surface area contributed by atoms with Crippen LogP contribution in [0.4, 0.5) is 0 Å². The molecule has 3 heteroatoms. The van der Waals surface area contributed by atoms with Crippen LogP contribution in [0.5, 0.6) is 5.75 Å². The van der Waals surface area contributed by atoms with E-state index in [0.29, 0.717) is 0 Å². The van der Waals surface area contributed by atoms with Gasteiger partial charge in [-0.15, -0.1) is 0 Å². The fraction of sp³-hybridized carbons (Fsp3) is 0.556. The van der Waals surface area contributed by atoms with Crippen molar-refractivity contribution in [2.45, 2.75) is 45.6 Å². The summed E-state index contributed by atoms with van der Waals surface area (Å²) in [6.07, 6.45) is 6.57. The SMILES string of the molecule is CCCNC(C1=CCCCO1)c1cccc(OCCC)c1. The molecule has 3 nitrogen and oxygen atoms in total. The largest absolute Gasteiger partial charge is 0.496 e. The molecule has 1 aliphatic rings. The highest BCUT2D eigenvalue weighted by molar-refractivity contribution is 5.34. The van der Waals surface area contributed by atoms with Gasteiger partial charge in [0.25, 0.3) is 0 Å². The van der Waals surface area contributed by atoms with Gasteiger partial charge in [0, 0.05) is 0 Å². The standard InChI is InChI=1S/C18H27NO2/c1-3-11-19-18(17-10-5-6-13-21-17)15-8-7-9-16(14-15)20-12-4-2/h7-10,14,18-19H,3-6,11-13H2,1-2H3. The molecule has 1 unspecified atom stereocenters. The Labute approximate surface area is 128 Å². The molecule has 2 rings (SSSR count). The lowest BCUT2D eigenvalue weighted by molar-refractivity contribution is 0.167. The van der Waals surface area contributed by atoms with Crippen molar-refractivity contribution in [3.05, 3.63) is 41.7 Å². The van der Waals surface area contributed by atoms with Crippen LogP contribution in [0.25, 0.3) is 0 Å². The maximum Gasteiger partial charge on any atom is 0.119 e. The third kappa shape index (κ3) is 4.78. The lowest BCUT2D eigenvalue weighted by atomic mass is 10.0. The van der Waals surface area contributed by atoms with Crippen LogP contribution in [0, 0.1) is 0 Å². The lowest BCUT2D eigenvalue weighted by Crippen LogP contribution is -2.26. The highest BCUT2D eigenvalue weighted by Gasteiger charge is 2.19. The molecular weight excluding hydrogens is 262 g/mol. The van der Waals surface area contributed by atoms with Gasteiger partial charge in [0.2, 0.25) is 0 Å². The minimum Gasteiger partial charge on any atom is -0.496 e. The molecule has 0 aromatic heterocycles. The second-order valence-electron chi connectivity index (χ2n) is 5.41. The van der Waals surface area contributed by atoms with Crippen molar-refractivity contribution in [2.75, 3.05) is 19.8 Å². The van der Waals surface area contributed by atoms with Crippen molar-refractivity contribution in [2.24, 2.45) is 0 Å². The summed E-state index contributed by atoms with van der Waals surface area (Å²) in [5.41, 5.74) is 1.21. The van der Waals surface area contributed by atoms with E-state index in [0.717, 1.165) is 57.0 Å². The number of ether oxygens (including phenoxy) is 2. The predicted octanol–water partition coefficient (Wildman–Crippen LogP) is 4.21. The maximum absolute atomic E-state index is 5.87. The van der Waals surface area contributed by atoms with E-state index in [2.05, 4.69) is 43.4 Å². The summed E-state index contributed by atoms with van der Waals surface area (Å²) in [5, 5.41) is 3.59. The van der Waals surface area contributed by atoms with Crippen molar-refractivity contribution in [3.63, 3.8) is 0 Å². The molecule has 0 spiro atoms. The van der Waals surface area contributed by atoms with Gasteiger partial charge in [0.05, 0.1) is 19.3 Å². The first-order valence-electron chi connectivity index (χ1n) is 8.14. The molecular formula is C18H27NO2. The Kier molecular flexibility index (Phi) is 6.61. The number of hydrogen-bond donors (Lipinski definition) is 1. The Hall–Kier alpha value is -1.48. The van der Waals surface area contributed by atoms with E-state index in [-0.39, 0.29) is 6.04 Å². The molecule has 1 aliphatic heterocycles. The van der Waals surface area contributed by atoms with Gasteiger partial charge < -0.3 is 14.8 Å². The van der Waals surface area contributed by atoms with Crippen LogP contribution in [0.2, 0.25) is 0 Å². The van der Waals surface area contributed by atoms with Crippen molar-refractivity contribution in [1.82, 2.24) is 5.32 Å². The zero-order valence-corrected chi connectivity index (χ0v) is 13.2. The third-order valence-electron chi connectivity index (χ3n) is 3.51. The Morgan fingerprint density at radius 2 is 2.19 bits per heavy atom. The second kappa shape index (κ2) is 8.73. The van der Waals surface area contributed by atoms with Crippen LogP contribution in [0.1, 0.15) is 51.1 Å². The second-order valence-corrected chi connectivity index (χ2v) is 5.41. The van der Waals surface area contributed by atoms with Crippen LogP contribution >= 0.6 is 0 Å². The van der Waals surface area contributed by atoms with Gasteiger partial charge in [0.1, 0.15) is 11.5 Å². The molecule has 116 valence electrons. The number of allylic oxidation sites excluding steroid dienone is 1. The summed E-state index contributed by atoms with van der Waals surface area (Å²) in [7, 11) is 0. The summed E-state index contributed by atoms with van der Waals surface area (Å²) >= 11 is 0. The molecule has 0 saturated heterocycles. The average molecular weight is 289 g/mol. The van der Waals surface area contributed by atoms with E-state index in [4.69, 9.17) is 9.47 Å². The molecule has 1 atom stereocenters. The van der Waals surface area contributed by atoms with Gasteiger partial charge in [-0.3, -0.25) is 0 Å². The fourth-order valence-electron chi connectivity index (χ4n) is 2.45. The van der Waals surface area contributed by atoms with Gasteiger partial charge in [-0.1, -0.05) is 26.0 Å². The Morgan fingerprint density at radius 1 is 1.29 bits per heavy atom. The molecule has 21 heavy (non-hydrogen) atoms. The molecule has 1 N–H and O–H groups in total. The van der Waals surface area contributed by atoms with Crippen molar-refractivity contribution >= 4 is 0 Å². The fourth-order valence-corrected chi connectivity index (χ4v) is 2.45. The average Bonchev–Trinajstić information content (AvgIpc) is 2.55. The highest BCUT2D eigenvalue weighted by Crippen LogP contribution is 2.28. The Balaban J connectivity index is 2.16. The van der Waals surface area contributed by atoms with E-state index in [1.54, 1.807) is 0 Å². The number of benzene rings is 1. The van der Waals surface area contributed by atoms with Crippen molar-refractivity contribution < 1.29 is 9.47 Å². The molecule has 1 heterocycles. The molecule has 0 amide bonds. The van der Waals surface area contributed by atoms with Gasteiger partial charge in [-0.05, 0) is 56.0 Å². The maximum atomic E-state index is 5.87. The summed E-state index contributed by atoms with van der Waals surface area (Å²) in [4.78, 5) is 0. The van der Waals surface area contributed by atoms with Crippen LogP contribution in [-0.4, -0.2) is 19.8 Å².